The monoisotopic (exact) mass is 190 g/mol. The Morgan fingerprint density at radius 2 is 1.69 bits per heavy atom. The highest BCUT2D eigenvalue weighted by Crippen LogP contribution is 2.11. The average molecular weight is 190 g/mol. The minimum absolute atomic E-state index is 0.143. The fourth-order valence-corrected chi connectivity index (χ4v) is 1.24. The molecule has 0 aromatic heterocycles. The van der Waals surface area contributed by atoms with Crippen LogP contribution in [0.2, 0.25) is 0 Å². The summed E-state index contributed by atoms with van der Waals surface area (Å²) in [5, 5.41) is 26.8. The summed E-state index contributed by atoms with van der Waals surface area (Å²) in [7, 11) is 0. The molecule has 0 aromatic carbocycles. The molecule has 0 amide bonds. The Labute approximate surface area is 78.2 Å². The van der Waals surface area contributed by atoms with E-state index in [0.717, 1.165) is 0 Å². The zero-order valence-corrected chi connectivity index (χ0v) is 8.10. The van der Waals surface area contributed by atoms with Crippen LogP contribution in [-0.4, -0.2) is 33.5 Å². The first-order chi connectivity index (χ1) is 5.91. The van der Waals surface area contributed by atoms with E-state index in [-0.39, 0.29) is 12.8 Å². The maximum atomic E-state index is 10.2. The van der Waals surface area contributed by atoms with Crippen LogP contribution in [-0.2, 0) is 4.79 Å². The molecular formula is C9H18O4. The van der Waals surface area contributed by atoms with Crippen LogP contribution in [0, 0.1) is 5.92 Å². The van der Waals surface area contributed by atoms with Crippen molar-refractivity contribution in [2.45, 2.75) is 45.3 Å². The van der Waals surface area contributed by atoms with Crippen LogP contribution in [0.5, 0.6) is 0 Å². The zero-order valence-electron chi connectivity index (χ0n) is 8.10. The number of carboxylic acids is 1. The van der Waals surface area contributed by atoms with E-state index in [1.54, 1.807) is 0 Å². The third-order valence-electron chi connectivity index (χ3n) is 1.70. The van der Waals surface area contributed by atoms with Crippen molar-refractivity contribution in [3.05, 3.63) is 0 Å². The molecule has 0 bridgehead atoms. The summed E-state index contributed by atoms with van der Waals surface area (Å²) in [6.07, 6.45) is -1.10. The van der Waals surface area contributed by atoms with E-state index in [4.69, 9.17) is 10.2 Å². The molecule has 0 rings (SSSR count). The Morgan fingerprint density at radius 3 is 2.08 bits per heavy atom. The first-order valence-corrected chi connectivity index (χ1v) is 4.49. The van der Waals surface area contributed by atoms with Gasteiger partial charge in [0, 0.05) is 0 Å². The van der Waals surface area contributed by atoms with Crippen molar-refractivity contribution in [2.75, 3.05) is 0 Å². The summed E-state index contributed by atoms with van der Waals surface area (Å²) in [6, 6.07) is 0. The standard InChI is InChI=1S/C9H18O4/c1-6(2)3-7(10)4-8(11)5-9(12)13/h6-8,10-11H,3-5H2,1-2H3,(H,12,13)/t7-,8-/m1/s1. The van der Waals surface area contributed by atoms with Gasteiger partial charge in [0.1, 0.15) is 0 Å². The van der Waals surface area contributed by atoms with Gasteiger partial charge >= 0.3 is 5.97 Å². The van der Waals surface area contributed by atoms with Crippen molar-refractivity contribution in [2.24, 2.45) is 5.92 Å². The van der Waals surface area contributed by atoms with Crippen LogP contribution in [0.4, 0.5) is 0 Å². The van der Waals surface area contributed by atoms with Crippen LogP contribution in [0.1, 0.15) is 33.1 Å². The number of carbonyl (C=O) groups is 1. The molecule has 0 aliphatic carbocycles. The minimum atomic E-state index is -1.04. The third-order valence-corrected chi connectivity index (χ3v) is 1.70. The average Bonchev–Trinajstić information content (AvgIpc) is 1.80. The summed E-state index contributed by atoms with van der Waals surface area (Å²) < 4.78 is 0. The number of carboxylic acid groups (broad SMARTS) is 1. The highest BCUT2D eigenvalue weighted by molar-refractivity contribution is 5.67. The minimum Gasteiger partial charge on any atom is -0.481 e. The van der Waals surface area contributed by atoms with Crippen molar-refractivity contribution in [3.63, 3.8) is 0 Å². The SMILES string of the molecule is CC(C)C[C@@H](O)C[C@@H](O)CC(=O)O. The lowest BCUT2D eigenvalue weighted by atomic mass is 10.0. The predicted octanol–water partition coefficient (Wildman–Crippen LogP) is 0.619. The predicted molar refractivity (Wildman–Crippen MR) is 48.3 cm³/mol. The van der Waals surface area contributed by atoms with E-state index >= 15 is 0 Å². The molecule has 0 aromatic rings. The second-order valence-electron chi connectivity index (χ2n) is 3.77. The molecule has 78 valence electrons. The van der Waals surface area contributed by atoms with Gasteiger partial charge < -0.3 is 15.3 Å². The topological polar surface area (TPSA) is 77.8 Å². The molecule has 0 spiro atoms. The van der Waals surface area contributed by atoms with Gasteiger partial charge in [0.05, 0.1) is 18.6 Å². The van der Waals surface area contributed by atoms with E-state index in [1.165, 1.54) is 0 Å². The van der Waals surface area contributed by atoms with Gasteiger partial charge in [0.25, 0.3) is 0 Å². The molecule has 4 heteroatoms. The molecule has 0 aliphatic heterocycles. The quantitative estimate of drug-likeness (QED) is 0.573. The molecule has 0 aliphatic rings. The van der Waals surface area contributed by atoms with Crippen LogP contribution < -0.4 is 0 Å². The molecule has 0 saturated carbocycles. The summed E-state index contributed by atoms with van der Waals surface area (Å²) in [6.45, 7) is 3.93. The molecule has 3 N–H and O–H groups in total. The third kappa shape index (κ3) is 7.74. The lowest BCUT2D eigenvalue weighted by Crippen LogP contribution is -2.21. The first kappa shape index (κ1) is 12.4. The van der Waals surface area contributed by atoms with Crippen LogP contribution in [0.25, 0.3) is 0 Å². The van der Waals surface area contributed by atoms with Gasteiger partial charge in [-0.3, -0.25) is 4.79 Å². The number of hydrogen-bond donors (Lipinski definition) is 3. The Morgan fingerprint density at radius 1 is 1.15 bits per heavy atom. The number of aliphatic hydroxyl groups is 2. The Bertz CT molecular complexity index is 156. The van der Waals surface area contributed by atoms with E-state index in [1.807, 2.05) is 13.8 Å². The summed E-state index contributed by atoms with van der Waals surface area (Å²) in [5.41, 5.74) is 0. The molecule has 0 heterocycles. The molecule has 0 unspecified atom stereocenters. The first-order valence-electron chi connectivity index (χ1n) is 4.49. The summed E-state index contributed by atoms with van der Waals surface area (Å²) in [4.78, 5) is 10.2. The van der Waals surface area contributed by atoms with Gasteiger partial charge in [-0.25, -0.2) is 0 Å². The fourth-order valence-electron chi connectivity index (χ4n) is 1.24. The Balaban J connectivity index is 3.64. The second-order valence-corrected chi connectivity index (χ2v) is 3.77. The van der Waals surface area contributed by atoms with Crippen molar-refractivity contribution >= 4 is 5.97 Å². The number of aliphatic hydroxyl groups excluding tert-OH is 2. The van der Waals surface area contributed by atoms with Crippen molar-refractivity contribution in [3.8, 4) is 0 Å². The van der Waals surface area contributed by atoms with Crippen molar-refractivity contribution in [1.82, 2.24) is 0 Å². The lowest BCUT2D eigenvalue weighted by molar-refractivity contribution is -0.139. The molecule has 4 nitrogen and oxygen atoms in total. The molecule has 13 heavy (non-hydrogen) atoms. The summed E-state index contributed by atoms with van der Waals surface area (Å²) in [5.74, 6) is -0.684. The number of rotatable bonds is 6. The fraction of sp³-hybridized carbons (Fsp3) is 0.889. The van der Waals surface area contributed by atoms with E-state index in [9.17, 15) is 9.90 Å². The van der Waals surface area contributed by atoms with Crippen LogP contribution >= 0.6 is 0 Å². The number of hydrogen-bond acceptors (Lipinski definition) is 3. The lowest BCUT2D eigenvalue weighted by Gasteiger charge is -2.15. The highest BCUT2D eigenvalue weighted by atomic mass is 16.4. The van der Waals surface area contributed by atoms with E-state index in [0.29, 0.717) is 12.3 Å². The van der Waals surface area contributed by atoms with Gasteiger partial charge in [0.15, 0.2) is 0 Å². The van der Waals surface area contributed by atoms with Gasteiger partial charge in [-0.05, 0) is 18.8 Å². The Hall–Kier alpha value is -0.610. The normalized spacial score (nSPS) is 15.8. The maximum absolute atomic E-state index is 10.2. The zero-order chi connectivity index (χ0) is 10.4. The van der Waals surface area contributed by atoms with Gasteiger partial charge in [-0.2, -0.15) is 0 Å². The van der Waals surface area contributed by atoms with E-state index in [2.05, 4.69) is 0 Å². The molecule has 2 atom stereocenters. The maximum Gasteiger partial charge on any atom is 0.305 e. The van der Waals surface area contributed by atoms with Crippen LogP contribution in [0.15, 0.2) is 0 Å². The van der Waals surface area contributed by atoms with E-state index < -0.39 is 18.2 Å². The van der Waals surface area contributed by atoms with Gasteiger partial charge in [0.2, 0.25) is 0 Å². The number of aliphatic carboxylic acids is 1. The Kier molecular flexibility index (Phi) is 5.66. The second kappa shape index (κ2) is 5.94. The molecule has 0 fully saturated rings. The molecular weight excluding hydrogens is 172 g/mol. The largest absolute Gasteiger partial charge is 0.481 e. The smallest absolute Gasteiger partial charge is 0.305 e. The van der Waals surface area contributed by atoms with Crippen molar-refractivity contribution < 1.29 is 20.1 Å². The van der Waals surface area contributed by atoms with Gasteiger partial charge in [-0.15, -0.1) is 0 Å². The van der Waals surface area contributed by atoms with Crippen LogP contribution in [0.3, 0.4) is 0 Å². The summed E-state index contributed by atoms with van der Waals surface area (Å²) >= 11 is 0. The van der Waals surface area contributed by atoms with Gasteiger partial charge in [-0.1, -0.05) is 13.8 Å². The van der Waals surface area contributed by atoms with Crippen molar-refractivity contribution in [1.29, 1.82) is 0 Å². The molecule has 0 radical (unpaired) electrons. The molecule has 0 saturated heterocycles. The highest BCUT2D eigenvalue weighted by Gasteiger charge is 2.15.